The van der Waals surface area contributed by atoms with Gasteiger partial charge >= 0.3 is 5.97 Å². The van der Waals surface area contributed by atoms with Crippen molar-refractivity contribution in [2.24, 2.45) is 0 Å². The van der Waals surface area contributed by atoms with Gasteiger partial charge in [-0.3, -0.25) is 0 Å². The molecule has 0 fully saturated rings. The molecule has 3 nitrogen and oxygen atoms in total. The molecule has 0 radical (unpaired) electrons. The summed E-state index contributed by atoms with van der Waals surface area (Å²) in [7, 11) is 0. The van der Waals surface area contributed by atoms with E-state index in [1.54, 1.807) is 13.0 Å². The molecule has 0 amide bonds. The van der Waals surface area contributed by atoms with Crippen LogP contribution in [0.15, 0.2) is 43.0 Å². The Kier molecular flexibility index (Phi) is 4.41. The summed E-state index contributed by atoms with van der Waals surface area (Å²) in [6.45, 7) is 5.49. The maximum absolute atomic E-state index is 11.4. The number of carbonyl (C=O) groups excluding carboxylic acids is 1. The van der Waals surface area contributed by atoms with Crippen molar-refractivity contribution in [1.29, 1.82) is 0 Å². The first-order valence-electron chi connectivity index (χ1n) is 4.83. The fraction of sp³-hybridized carbons (Fsp3) is 0.250. The summed E-state index contributed by atoms with van der Waals surface area (Å²) in [5.74, 6) is -0.279. The fourth-order valence-electron chi connectivity index (χ4n) is 1.11. The van der Waals surface area contributed by atoms with E-state index in [1.165, 1.54) is 0 Å². The number of anilines is 1. The van der Waals surface area contributed by atoms with Crippen LogP contribution >= 0.6 is 0 Å². The molecule has 0 aliphatic rings. The lowest BCUT2D eigenvalue weighted by Gasteiger charge is -2.13. The molecule has 80 valence electrons. The monoisotopic (exact) mass is 205 g/mol. The highest BCUT2D eigenvalue weighted by Crippen LogP contribution is 2.07. The first kappa shape index (κ1) is 11.3. The number of rotatable bonds is 5. The molecule has 0 aromatic heterocycles. The third-order valence-electron chi connectivity index (χ3n) is 1.85. The SMILES string of the molecule is C=CCOC(=O)[C@H](C)Nc1ccccc1. The highest BCUT2D eigenvalue weighted by atomic mass is 16.5. The van der Waals surface area contributed by atoms with Crippen molar-refractivity contribution in [3.05, 3.63) is 43.0 Å². The van der Waals surface area contributed by atoms with Gasteiger partial charge in [0.05, 0.1) is 0 Å². The molecule has 0 aliphatic heterocycles. The number of benzene rings is 1. The van der Waals surface area contributed by atoms with Gasteiger partial charge in [-0.15, -0.1) is 0 Å². The molecule has 15 heavy (non-hydrogen) atoms. The molecule has 0 saturated heterocycles. The third-order valence-corrected chi connectivity index (χ3v) is 1.85. The lowest BCUT2D eigenvalue weighted by Crippen LogP contribution is -2.28. The molecule has 1 N–H and O–H groups in total. The predicted octanol–water partition coefficient (Wildman–Crippen LogP) is 2.22. The first-order chi connectivity index (χ1) is 7.24. The van der Waals surface area contributed by atoms with E-state index in [4.69, 9.17) is 4.74 Å². The minimum Gasteiger partial charge on any atom is -0.460 e. The summed E-state index contributed by atoms with van der Waals surface area (Å²) < 4.78 is 4.91. The zero-order valence-corrected chi connectivity index (χ0v) is 8.77. The second-order valence-electron chi connectivity index (χ2n) is 3.15. The van der Waals surface area contributed by atoms with E-state index >= 15 is 0 Å². The van der Waals surface area contributed by atoms with E-state index in [0.717, 1.165) is 5.69 Å². The zero-order valence-electron chi connectivity index (χ0n) is 8.77. The van der Waals surface area contributed by atoms with Crippen LogP contribution in [0.25, 0.3) is 0 Å². The van der Waals surface area contributed by atoms with Gasteiger partial charge in [-0.1, -0.05) is 30.9 Å². The molecule has 0 heterocycles. The Bertz CT molecular complexity index is 322. The van der Waals surface area contributed by atoms with Gasteiger partial charge in [0, 0.05) is 5.69 Å². The van der Waals surface area contributed by atoms with Gasteiger partial charge < -0.3 is 10.1 Å². The minimum atomic E-state index is -0.354. The van der Waals surface area contributed by atoms with Crippen molar-refractivity contribution in [3.8, 4) is 0 Å². The van der Waals surface area contributed by atoms with Crippen molar-refractivity contribution in [2.75, 3.05) is 11.9 Å². The predicted molar refractivity (Wildman–Crippen MR) is 60.7 cm³/mol. The van der Waals surface area contributed by atoms with Crippen LogP contribution in [0.2, 0.25) is 0 Å². The van der Waals surface area contributed by atoms with Crippen LogP contribution in [0.5, 0.6) is 0 Å². The van der Waals surface area contributed by atoms with Crippen molar-refractivity contribution in [2.45, 2.75) is 13.0 Å². The van der Waals surface area contributed by atoms with Crippen molar-refractivity contribution >= 4 is 11.7 Å². The largest absolute Gasteiger partial charge is 0.460 e. The Morgan fingerprint density at radius 3 is 2.80 bits per heavy atom. The third kappa shape index (κ3) is 3.85. The highest BCUT2D eigenvalue weighted by Gasteiger charge is 2.12. The molecule has 0 unspecified atom stereocenters. The zero-order chi connectivity index (χ0) is 11.1. The van der Waals surface area contributed by atoms with Crippen LogP contribution in [-0.2, 0) is 9.53 Å². The molecule has 3 heteroatoms. The molecule has 0 saturated carbocycles. The van der Waals surface area contributed by atoms with Gasteiger partial charge in [0.15, 0.2) is 0 Å². The molecule has 1 atom stereocenters. The second-order valence-corrected chi connectivity index (χ2v) is 3.15. The summed E-state index contributed by atoms with van der Waals surface area (Å²) in [4.78, 5) is 11.4. The Morgan fingerprint density at radius 1 is 1.53 bits per heavy atom. The molecule has 1 aromatic rings. The topological polar surface area (TPSA) is 38.3 Å². The van der Waals surface area contributed by atoms with Crippen molar-refractivity contribution in [1.82, 2.24) is 0 Å². The Morgan fingerprint density at radius 2 is 2.20 bits per heavy atom. The lowest BCUT2D eigenvalue weighted by atomic mass is 10.2. The van der Waals surface area contributed by atoms with Gasteiger partial charge in [-0.2, -0.15) is 0 Å². The van der Waals surface area contributed by atoms with Crippen LogP contribution in [0.4, 0.5) is 5.69 Å². The number of esters is 1. The molecule has 1 aromatic carbocycles. The van der Waals surface area contributed by atoms with Gasteiger partial charge in [-0.05, 0) is 19.1 Å². The molecule has 0 bridgehead atoms. The highest BCUT2D eigenvalue weighted by molar-refractivity contribution is 5.78. The van der Waals surface area contributed by atoms with E-state index in [0.29, 0.717) is 0 Å². The van der Waals surface area contributed by atoms with Crippen molar-refractivity contribution < 1.29 is 9.53 Å². The number of nitrogens with one attached hydrogen (secondary N) is 1. The molecule has 0 aliphatic carbocycles. The number of carbonyl (C=O) groups is 1. The number of hydrogen-bond donors (Lipinski definition) is 1. The van der Waals surface area contributed by atoms with Crippen LogP contribution in [-0.4, -0.2) is 18.6 Å². The van der Waals surface area contributed by atoms with Crippen LogP contribution in [0.3, 0.4) is 0 Å². The van der Waals surface area contributed by atoms with Crippen molar-refractivity contribution in [3.63, 3.8) is 0 Å². The standard InChI is InChI=1S/C12H15NO2/c1-3-9-15-12(14)10(2)13-11-7-5-4-6-8-11/h3-8,10,13H,1,9H2,2H3/t10-/m0/s1. The molecule has 0 spiro atoms. The van der Waals surface area contributed by atoms with E-state index in [-0.39, 0.29) is 18.6 Å². The summed E-state index contributed by atoms with van der Waals surface area (Å²) >= 11 is 0. The van der Waals surface area contributed by atoms with E-state index in [9.17, 15) is 4.79 Å². The average molecular weight is 205 g/mol. The quantitative estimate of drug-likeness (QED) is 0.591. The second kappa shape index (κ2) is 5.86. The number of para-hydroxylation sites is 1. The van der Waals surface area contributed by atoms with E-state index < -0.39 is 0 Å². The molecular formula is C12H15NO2. The maximum Gasteiger partial charge on any atom is 0.328 e. The van der Waals surface area contributed by atoms with Crippen LogP contribution < -0.4 is 5.32 Å². The summed E-state index contributed by atoms with van der Waals surface area (Å²) in [6.07, 6.45) is 1.55. The Hall–Kier alpha value is -1.77. The Labute approximate surface area is 89.8 Å². The van der Waals surface area contributed by atoms with Crippen LogP contribution in [0, 0.1) is 0 Å². The van der Waals surface area contributed by atoms with Gasteiger partial charge in [0.25, 0.3) is 0 Å². The lowest BCUT2D eigenvalue weighted by molar-refractivity contribution is -0.142. The van der Waals surface area contributed by atoms with Gasteiger partial charge in [0.1, 0.15) is 12.6 Å². The molecule has 1 rings (SSSR count). The Balaban J connectivity index is 2.45. The summed E-state index contributed by atoms with van der Waals surface area (Å²) in [6, 6.07) is 9.18. The smallest absolute Gasteiger partial charge is 0.328 e. The van der Waals surface area contributed by atoms with E-state index in [1.807, 2.05) is 30.3 Å². The minimum absolute atomic E-state index is 0.250. The van der Waals surface area contributed by atoms with E-state index in [2.05, 4.69) is 11.9 Å². The summed E-state index contributed by atoms with van der Waals surface area (Å²) in [5, 5.41) is 3.04. The van der Waals surface area contributed by atoms with Crippen LogP contribution in [0.1, 0.15) is 6.92 Å². The summed E-state index contributed by atoms with van der Waals surface area (Å²) in [5.41, 5.74) is 0.903. The number of hydrogen-bond acceptors (Lipinski definition) is 3. The van der Waals surface area contributed by atoms with Gasteiger partial charge in [-0.25, -0.2) is 4.79 Å². The van der Waals surface area contributed by atoms with Gasteiger partial charge in [0.2, 0.25) is 0 Å². The first-order valence-corrected chi connectivity index (χ1v) is 4.83. The fourth-order valence-corrected chi connectivity index (χ4v) is 1.11. The average Bonchev–Trinajstić information content (AvgIpc) is 2.27. The normalized spacial score (nSPS) is 11.5. The molecular weight excluding hydrogens is 190 g/mol. The maximum atomic E-state index is 11.4. The number of ether oxygens (including phenoxy) is 1.